The second-order valence-corrected chi connectivity index (χ2v) is 4.99. The Kier molecular flexibility index (Phi) is 3.94. The summed E-state index contributed by atoms with van der Waals surface area (Å²) in [4.78, 5) is 14.2. The number of carbonyl (C=O) groups is 1. The highest BCUT2D eigenvalue weighted by atomic mass is 16.1. The molecule has 0 aliphatic carbocycles. The molecule has 0 aliphatic heterocycles. The molecule has 0 heterocycles. The van der Waals surface area contributed by atoms with Crippen LogP contribution in [0.3, 0.4) is 0 Å². The Morgan fingerprint density at radius 2 is 1.90 bits per heavy atom. The number of aryl methyl sites for hydroxylation is 1. The highest BCUT2D eigenvalue weighted by Crippen LogP contribution is 2.20. The Morgan fingerprint density at radius 1 is 1.15 bits per heavy atom. The maximum absolute atomic E-state index is 12.3. The van der Waals surface area contributed by atoms with E-state index in [-0.39, 0.29) is 5.91 Å². The van der Waals surface area contributed by atoms with Gasteiger partial charge in [0.15, 0.2) is 0 Å². The van der Waals surface area contributed by atoms with Crippen molar-refractivity contribution in [2.24, 2.45) is 0 Å². The number of nitrogens with two attached hydrogens (primary N) is 1. The molecule has 0 aliphatic rings. The predicted molar refractivity (Wildman–Crippen MR) is 84.3 cm³/mol. The van der Waals surface area contributed by atoms with Crippen molar-refractivity contribution in [3.05, 3.63) is 53.6 Å². The summed E-state index contributed by atoms with van der Waals surface area (Å²) in [6.07, 6.45) is 0. The van der Waals surface area contributed by atoms with Crippen LogP contribution in [-0.4, -0.2) is 20.0 Å². The highest BCUT2D eigenvalue weighted by molar-refractivity contribution is 6.08. The SMILES string of the molecule is Cc1ccc(N)c(C(=O)Nc2cccc(N(C)C)c2)c1. The molecule has 3 N–H and O–H groups in total. The Morgan fingerprint density at radius 3 is 2.60 bits per heavy atom. The van der Waals surface area contributed by atoms with E-state index < -0.39 is 0 Å². The van der Waals surface area contributed by atoms with Crippen LogP contribution in [0.5, 0.6) is 0 Å². The molecule has 0 atom stereocenters. The molecule has 2 aromatic rings. The smallest absolute Gasteiger partial charge is 0.257 e. The van der Waals surface area contributed by atoms with E-state index in [0.717, 1.165) is 16.9 Å². The number of nitrogen functional groups attached to an aromatic ring is 1. The molecule has 1 amide bonds. The van der Waals surface area contributed by atoms with Crippen LogP contribution in [0.1, 0.15) is 15.9 Å². The number of anilines is 3. The molecule has 0 unspecified atom stereocenters. The number of benzene rings is 2. The molecular weight excluding hydrogens is 250 g/mol. The molecule has 20 heavy (non-hydrogen) atoms. The zero-order chi connectivity index (χ0) is 14.7. The van der Waals surface area contributed by atoms with Gasteiger partial charge in [0, 0.05) is 31.2 Å². The molecule has 0 fully saturated rings. The molecule has 0 aromatic heterocycles. The molecular formula is C16H19N3O. The molecule has 0 bridgehead atoms. The van der Waals surface area contributed by atoms with E-state index in [0.29, 0.717) is 11.3 Å². The third-order valence-electron chi connectivity index (χ3n) is 3.07. The first-order chi connectivity index (χ1) is 9.47. The Labute approximate surface area is 119 Å². The lowest BCUT2D eigenvalue weighted by Crippen LogP contribution is -2.15. The standard InChI is InChI=1S/C16H19N3O/c1-11-7-8-15(17)14(9-11)16(20)18-12-5-4-6-13(10-12)19(2)3/h4-10H,17H2,1-3H3,(H,18,20). The average molecular weight is 269 g/mol. The van der Waals surface area contributed by atoms with E-state index in [1.165, 1.54) is 0 Å². The number of amides is 1. The third-order valence-corrected chi connectivity index (χ3v) is 3.07. The van der Waals surface area contributed by atoms with Gasteiger partial charge in [0.2, 0.25) is 0 Å². The number of nitrogens with one attached hydrogen (secondary N) is 1. The number of carbonyl (C=O) groups excluding carboxylic acids is 1. The van der Waals surface area contributed by atoms with E-state index in [1.54, 1.807) is 12.1 Å². The number of rotatable bonds is 3. The van der Waals surface area contributed by atoms with Gasteiger partial charge in [-0.1, -0.05) is 17.7 Å². The number of hydrogen-bond acceptors (Lipinski definition) is 3. The van der Waals surface area contributed by atoms with Crippen LogP contribution in [0.2, 0.25) is 0 Å². The Hall–Kier alpha value is -2.49. The van der Waals surface area contributed by atoms with Crippen molar-refractivity contribution in [2.45, 2.75) is 6.92 Å². The van der Waals surface area contributed by atoms with Gasteiger partial charge in [-0.2, -0.15) is 0 Å². The summed E-state index contributed by atoms with van der Waals surface area (Å²) in [5.41, 5.74) is 9.62. The van der Waals surface area contributed by atoms with Gasteiger partial charge in [-0.15, -0.1) is 0 Å². The number of nitrogens with zero attached hydrogens (tertiary/aromatic N) is 1. The fourth-order valence-corrected chi connectivity index (χ4v) is 1.93. The molecule has 0 spiro atoms. The second-order valence-electron chi connectivity index (χ2n) is 4.99. The first-order valence-corrected chi connectivity index (χ1v) is 6.42. The number of hydrogen-bond donors (Lipinski definition) is 2. The largest absolute Gasteiger partial charge is 0.398 e. The minimum absolute atomic E-state index is 0.192. The molecule has 4 heteroatoms. The normalized spacial score (nSPS) is 10.2. The van der Waals surface area contributed by atoms with Gasteiger partial charge in [-0.25, -0.2) is 0 Å². The summed E-state index contributed by atoms with van der Waals surface area (Å²) in [6.45, 7) is 1.93. The Balaban J connectivity index is 2.23. The molecule has 0 radical (unpaired) electrons. The maximum Gasteiger partial charge on any atom is 0.257 e. The van der Waals surface area contributed by atoms with E-state index in [1.807, 2.05) is 56.3 Å². The van der Waals surface area contributed by atoms with Crippen molar-refractivity contribution in [1.82, 2.24) is 0 Å². The van der Waals surface area contributed by atoms with Crippen LogP contribution in [-0.2, 0) is 0 Å². The molecule has 2 rings (SSSR count). The summed E-state index contributed by atoms with van der Waals surface area (Å²) in [6, 6.07) is 13.1. The van der Waals surface area contributed by atoms with Gasteiger partial charge >= 0.3 is 0 Å². The van der Waals surface area contributed by atoms with Gasteiger partial charge in [-0.3, -0.25) is 4.79 Å². The van der Waals surface area contributed by atoms with Gasteiger partial charge in [0.25, 0.3) is 5.91 Å². The van der Waals surface area contributed by atoms with E-state index in [2.05, 4.69) is 5.32 Å². The molecule has 0 saturated carbocycles. The van der Waals surface area contributed by atoms with Crippen molar-refractivity contribution >= 4 is 23.0 Å². The van der Waals surface area contributed by atoms with Crippen LogP contribution in [0.4, 0.5) is 17.1 Å². The van der Waals surface area contributed by atoms with Gasteiger partial charge in [0.05, 0.1) is 5.56 Å². The molecule has 2 aromatic carbocycles. The summed E-state index contributed by atoms with van der Waals surface area (Å²) < 4.78 is 0. The van der Waals surface area contributed by atoms with E-state index >= 15 is 0 Å². The van der Waals surface area contributed by atoms with Crippen LogP contribution < -0.4 is 16.0 Å². The maximum atomic E-state index is 12.3. The van der Waals surface area contributed by atoms with Crippen LogP contribution >= 0.6 is 0 Å². The fourth-order valence-electron chi connectivity index (χ4n) is 1.93. The molecule has 4 nitrogen and oxygen atoms in total. The summed E-state index contributed by atoms with van der Waals surface area (Å²) in [5, 5.41) is 2.88. The zero-order valence-electron chi connectivity index (χ0n) is 12.0. The van der Waals surface area contributed by atoms with Crippen molar-refractivity contribution < 1.29 is 4.79 Å². The molecule has 104 valence electrons. The average Bonchev–Trinajstić information content (AvgIpc) is 2.41. The van der Waals surface area contributed by atoms with Gasteiger partial charge in [-0.05, 0) is 37.3 Å². The fraction of sp³-hybridized carbons (Fsp3) is 0.188. The van der Waals surface area contributed by atoms with Crippen molar-refractivity contribution in [3.8, 4) is 0 Å². The highest BCUT2D eigenvalue weighted by Gasteiger charge is 2.10. The van der Waals surface area contributed by atoms with E-state index in [4.69, 9.17) is 5.73 Å². The lowest BCUT2D eigenvalue weighted by Gasteiger charge is -2.14. The summed E-state index contributed by atoms with van der Waals surface area (Å²) >= 11 is 0. The van der Waals surface area contributed by atoms with Crippen molar-refractivity contribution in [1.29, 1.82) is 0 Å². The zero-order valence-corrected chi connectivity index (χ0v) is 12.0. The second kappa shape index (κ2) is 5.65. The predicted octanol–water partition coefficient (Wildman–Crippen LogP) is 2.90. The minimum atomic E-state index is -0.192. The first kappa shape index (κ1) is 13.9. The van der Waals surface area contributed by atoms with Crippen LogP contribution in [0.25, 0.3) is 0 Å². The Bertz CT molecular complexity index is 635. The van der Waals surface area contributed by atoms with E-state index in [9.17, 15) is 4.79 Å². The first-order valence-electron chi connectivity index (χ1n) is 6.42. The van der Waals surface area contributed by atoms with Crippen molar-refractivity contribution in [3.63, 3.8) is 0 Å². The molecule has 0 saturated heterocycles. The monoisotopic (exact) mass is 269 g/mol. The quantitative estimate of drug-likeness (QED) is 0.842. The van der Waals surface area contributed by atoms with Gasteiger partial charge < -0.3 is 16.0 Å². The lowest BCUT2D eigenvalue weighted by molar-refractivity contribution is 0.102. The minimum Gasteiger partial charge on any atom is -0.398 e. The summed E-state index contributed by atoms with van der Waals surface area (Å²) in [5.74, 6) is -0.192. The lowest BCUT2D eigenvalue weighted by atomic mass is 10.1. The van der Waals surface area contributed by atoms with Crippen LogP contribution in [0.15, 0.2) is 42.5 Å². The van der Waals surface area contributed by atoms with Crippen molar-refractivity contribution in [2.75, 3.05) is 30.0 Å². The topological polar surface area (TPSA) is 58.4 Å². The van der Waals surface area contributed by atoms with Gasteiger partial charge in [0.1, 0.15) is 0 Å². The third kappa shape index (κ3) is 3.09. The van der Waals surface area contributed by atoms with Crippen LogP contribution in [0, 0.1) is 6.92 Å². The summed E-state index contributed by atoms with van der Waals surface area (Å²) in [7, 11) is 3.92.